The molecule has 0 aliphatic carbocycles. The third-order valence-electron chi connectivity index (χ3n) is 2.82. The molecule has 0 fully saturated rings. The molecule has 2 nitrogen and oxygen atoms in total. The highest BCUT2D eigenvalue weighted by atomic mass is 15.0. The molecule has 0 amide bonds. The Morgan fingerprint density at radius 2 is 1.80 bits per heavy atom. The van der Waals surface area contributed by atoms with Crippen LogP contribution in [0.25, 0.3) is 10.9 Å². The van der Waals surface area contributed by atoms with Gasteiger partial charge in [0.05, 0.1) is 0 Å². The number of fused-ring (bicyclic) bond motifs is 1. The van der Waals surface area contributed by atoms with Crippen LogP contribution >= 0.6 is 0 Å². The van der Waals surface area contributed by atoms with Gasteiger partial charge in [0.15, 0.2) is 0 Å². The minimum absolute atomic E-state index is 0.0925. The van der Waals surface area contributed by atoms with E-state index in [1.807, 2.05) is 6.92 Å². The van der Waals surface area contributed by atoms with E-state index in [9.17, 15) is 0 Å². The van der Waals surface area contributed by atoms with Crippen LogP contribution < -0.4 is 5.73 Å². The largest absolute Gasteiger partial charge is 0.345 e. The Kier molecular flexibility index (Phi) is 2.53. The van der Waals surface area contributed by atoms with Gasteiger partial charge in [0.1, 0.15) is 0 Å². The fourth-order valence-corrected chi connectivity index (χ4v) is 2.02. The average Bonchev–Trinajstić information content (AvgIpc) is 2.56. The van der Waals surface area contributed by atoms with Gasteiger partial charge in [-0.15, -0.1) is 0 Å². The second-order valence-corrected chi connectivity index (χ2v) is 4.39. The van der Waals surface area contributed by atoms with Crippen molar-refractivity contribution in [2.45, 2.75) is 32.9 Å². The summed E-state index contributed by atoms with van der Waals surface area (Å²) < 4.78 is 2.29. The molecule has 0 unspecified atom stereocenters. The zero-order chi connectivity index (χ0) is 11.0. The standard InChI is InChI=1S/C13H18N2/c1-9(2)15-8-12(10(3)14)11-6-4-5-7-13(11)15/h4-10H,14H2,1-3H3/t10-/m0/s1. The molecule has 2 heteroatoms. The van der Waals surface area contributed by atoms with Gasteiger partial charge in [-0.3, -0.25) is 0 Å². The molecule has 1 heterocycles. The first kappa shape index (κ1) is 10.2. The Morgan fingerprint density at radius 3 is 2.40 bits per heavy atom. The number of benzene rings is 1. The predicted octanol–water partition coefficient (Wildman–Crippen LogP) is 3.24. The van der Waals surface area contributed by atoms with Gasteiger partial charge in [0, 0.05) is 29.2 Å². The Morgan fingerprint density at radius 1 is 1.13 bits per heavy atom. The fourth-order valence-electron chi connectivity index (χ4n) is 2.02. The summed E-state index contributed by atoms with van der Waals surface area (Å²) in [6, 6.07) is 9.01. The van der Waals surface area contributed by atoms with E-state index in [1.165, 1.54) is 16.5 Å². The lowest BCUT2D eigenvalue weighted by Gasteiger charge is -2.08. The molecule has 0 saturated carbocycles. The van der Waals surface area contributed by atoms with Crippen molar-refractivity contribution < 1.29 is 0 Å². The Hall–Kier alpha value is -1.28. The SMILES string of the molecule is CC(C)n1cc([C@H](C)N)c2ccccc21. The average molecular weight is 202 g/mol. The minimum atomic E-state index is 0.0925. The third kappa shape index (κ3) is 1.65. The van der Waals surface area contributed by atoms with E-state index in [2.05, 4.69) is 48.9 Å². The van der Waals surface area contributed by atoms with Gasteiger partial charge < -0.3 is 10.3 Å². The maximum Gasteiger partial charge on any atom is 0.0486 e. The summed E-state index contributed by atoms with van der Waals surface area (Å²) in [5.41, 5.74) is 8.49. The van der Waals surface area contributed by atoms with Crippen molar-refractivity contribution in [2.24, 2.45) is 5.73 Å². The Balaban J connectivity index is 2.73. The van der Waals surface area contributed by atoms with Gasteiger partial charge in [-0.05, 0) is 32.4 Å². The smallest absolute Gasteiger partial charge is 0.0486 e. The van der Waals surface area contributed by atoms with Crippen molar-refractivity contribution >= 4 is 10.9 Å². The molecule has 0 aliphatic rings. The Labute approximate surface area is 90.7 Å². The number of hydrogen-bond donors (Lipinski definition) is 1. The monoisotopic (exact) mass is 202 g/mol. The number of nitrogens with zero attached hydrogens (tertiary/aromatic N) is 1. The molecular formula is C13H18N2. The molecule has 2 aromatic rings. The summed E-state index contributed by atoms with van der Waals surface area (Å²) in [6.45, 7) is 6.42. The maximum absolute atomic E-state index is 5.98. The van der Waals surface area contributed by atoms with Crippen molar-refractivity contribution in [3.05, 3.63) is 36.0 Å². The van der Waals surface area contributed by atoms with E-state index >= 15 is 0 Å². The molecule has 1 aromatic carbocycles. The normalized spacial score (nSPS) is 13.7. The Bertz CT molecular complexity index is 424. The van der Waals surface area contributed by atoms with Crippen LogP contribution in [0.2, 0.25) is 0 Å². The van der Waals surface area contributed by atoms with Gasteiger partial charge in [0.25, 0.3) is 0 Å². The van der Waals surface area contributed by atoms with Gasteiger partial charge in [-0.1, -0.05) is 18.2 Å². The summed E-state index contributed by atoms with van der Waals surface area (Å²) in [5.74, 6) is 0. The zero-order valence-electron chi connectivity index (χ0n) is 9.57. The van der Waals surface area contributed by atoms with Gasteiger partial charge >= 0.3 is 0 Å². The molecule has 0 spiro atoms. The second-order valence-electron chi connectivity index (χ2n) is 4.39. The third-order valence-corrected chi connectivity index (χ3v) is 2.82. The first-order chi connectivity index (χ1) is 7.11. The summed E-state index contributed by atoms with van der Waals surface area (Å²) in [5, 5.41) is 1.28. The first-order valence-electron chi connectivity index (χ1n) is 5.46. The van der Waals surface area contributed by atoms with Crippen molar-refractivity contribution in [2.75, 3.05) is 0 Å². The molecule has 0 saturated heterocycles. The molecule has 0 radical (unpaired) electrons. The van der Waals surface area contributed by atoms with Gasteiger partial charge in [-0.25, -0.2) is 0 Å². The lowest BCUT2D eigenvalue weighted by Crippen LogP contribution is -2.04. The molecule has 0 bridgehead atoms. The minimum Gasteiger partial charge on any atom is -0.345 e. The van der Waals surface area contributed by atoms with Crippen LogP contribution in [0.1, 0.15) is 38.4 Å². The summed E-state index contributed by atoms with van der Waals surface area (Å²) in [7, 11) is 0. The predicted molar refractivity (Wildman–Crippen MR) is 64.9 cm³/mol. The van der Waals surface area contributed by atoms with Crippen LogP contribution in [0.3, 0.4) is 0 Å². The first-order valence-corrected chi connectivity index (χ1v) is 5.46. The quantitative estimate of drug-likeness (QED) is 0.796. The number of nitrogens with two attached hydrogens (primary N) is 1. The summed E-state index contributed by atoms with van der Waals surface area (Å²) in [6.07, 6.45) is 2.18. The lowest BCUT2D eigenvalue weighted by molar-refractivity contribution is 0.618. The molecule has 1 atom stereocenters. The molecule has 2 N–H and O–H groups in total. The van der Waals surface area contributed by atoms with Crippen molar-refractivity contribution in [3.8, 4) is 0 Å². The molecule has 1 aromatic heterocycles. The van der Waals surface area contributed by atoms with Crippen LogP contribution in [-0.2, 0) is 0 Å². The molecule has 15 heavy (non-hydrogen) atoms. The highest BCUT2D eigenvalue weighted by Crippen LogP contribution is 2.27. The van der Waals surface area contributed by atoms with Crippen molar-refractivity contribution in [1.29, 1.82) is 0 Å². The van der Waals surface area contributed by atoms with Gasteiger partial charge in [0.2, 0.25) is 0 Å². The van der Waals surface area contributed by atoms with E-state index in [1.54, 1.807) is 0 Å². The van der Waals surface area contributed by atoms with Crippen molar-refractivity contribution in [3.63, 3.8) is 0 Å². The second kappa shape index (κ2) is 3.70. The van der Waals surface area contributed by atoms with Crippen LogP contribution in [0.4, 0.5) is 0 Å². The highest BCUT2D eigenvalue weighted by Gasteiger charge is 2.11. The molecule has 2 rings (SSSR count). The van der Waals surface area contributed by atoms with E-state index in [0.717, 1.165) is 0 Å². The van der Waals surface area contributed by atoms with Crippen LogP contribution in [-0.4, -0.2) is 4.57 Å². The van der Waals surface area contributed by atoms with E-state index < -0.39 is 0 Å². The number of rotatable bonds is 2. The zero-order valence-corrected chi connectivity index (χ0v) is 9.57. The summed E-state index contributed by atoms with van der Waals surface area (Å²) >= 11 is 0. The van der Waals surface area contributed by atoms with Gasteiger partial charge in [-0.2, -0.15) is 0 Å². The van der Waals surface area contributed by atoms with Crippen molar-refractivity contribution in [1.82, 2.24) is 4.57 Å². The van der Waals surface area contributed by atoms with Crippen LogP contribution in [0, 0.1) is 0 Å². The topological polar surface area (TPSA) is 30.9 Å². The van der Waals surface area contributed by atoms with Crippen LogP contribution in [0.5, 0.6) is 0 Å². The number of hydrogen-bond acceptors (Lipinski definition) is 1. The molecule has 0 aliphatic heterocycles. The van der Waals surface area contributed by atoms with Crippen LogP contribution in [0.15, 0.2) is 30.5 Å². The maximum atomic E-state index is 5.98. The number of para-hydroxylation sites is 1. The number of aromatic nitrogens is 1. The van der Waals surface area contributed by atoms with E-state index in [4.69, 9.17) is 5.73 Å². The fraction of sp³-hybridized carbons (Fsp3) is 0.385. The lowest BCUT2D eigenvalue weighted by atomic mass is 10.1. The molecular weight excluding hydrogens is 184 g/mol. The van der Waals surface area contributed by atoms with E-state index in [-0.39, 0.29) is 6.04 Å². The highest BCUT2D eigenvalue weighted by molar-refractivity contribution is 5.84. The molecule has 80 valence electrons. The summed E-state index contributed by atoms with van der Waals surface area (Å²) in [4.78, 5) is 0. The van der Waals surface area contributed by atoms with E-state index in [0.29, 0.717) is 6.04 Å².